The Bertz CT molecular complexity index is 542. The summed E-state index contributed by atoms with van der Waals surface area (Å²) in [5.41, 5.74) is 0.207. The highest BCUT2D eigenvalue weighted by molar-refractivity contribution is 7.89. The number of rotatable bonds is 6. The Morgan fingerprint density at radius 3 is 2.37 bits per heavy atom. The van der Waals surface area contributed by atoms with Crippen molar-refractivity contribution in [3.8, 4) is 0 Å². The normalized spacial score (nSPS) is 13.7. The minimum atomic E-state index is -3.96. The summed E-state index contributed by atoms with van der Waals surface area (Å²) in [6.07, 6.45) is 0.206. The highest BCUT2D eigenvalue weighted by Gasteiger charge is 2.30. The first kappa shape index (κ1) is 15.6. The molecule has 0 aliphatic carbocycles. The summed E-state index contributed by atoms with van der Waals surface area (Å²) in [7, 11) is -3.96. The molecule has 8 heteroatoms. The van der Waals surface area contributed by atoms with Crippen molar-refractivity contribution in [2.45, 2.75) is 45.1 Å². The van der Waals surface area contributed by atoms with Crippen molar-refractivity contribution in [2.75, 3.05) is 0 Å². The maximum absolute atomic E-state index is 12.2. The maximum Gasteiger partial charge on any atom is 0.321 e. The number of aromatic nitrogens is 1. The smallest absolute Gasteiger partial charge is 0.321 e. The van der Waals surface area contributed by atoms with Gasteiger partial charge in [0.1, 0.15) is 16.6 Å². The Labute approximate surface area is 112 Å². The fraction of sp³-hybridized carbons (Fsp3) is 0.636. The monoisotopic (exact) mass is 290 g/mol. The first-order valence-electron chi connectivity index (χ1n) is 5.83. The van der Waals surface area contributed by atoms with Gasteiger partial charge in [-0.2, -0.15) is 4.72 Å². The molecule has 0 aliphatic rings. The second kappa shape index (κ2) is 5.70. The molecule has 0 aliphatic heterocycles. The van der Waals surface area contributed by atoms with Crippen LogP contribution in [0.3, 0.4) is 0 Å². The van der Waals surface area contributed by atoms with Gasteiger partial charge in [-0.05, 0) is 26.2 Å². The van der Waals surface area contributed by atoms with Gasteiger partial charge < -0.3 is 9.63 Å². The summed E-state index contributed by atoms with van der Waals surface area (Å²) in [6.45, 7) is 6.59. The van der Waals surface area contributed by atoms with Gasteiger partial charge in [-0.3, -0.25) is 4.79 Å². The molecule has 0 bridgehead atoms. The molecule has 108 valence electrons. The molecule has 0 aromatic carbocycles. The van der Waals surface area contributed by atoms with Crippen LogP contribution in [-0.2, 0) is 14.8 Å². The number of aliphatic carboxylic acids is 1. The Hall–Kier alpha value is -1.41. The number of sulfonamides is 1. The molecular weight excluding hydrogens is 272 g/mol. The van der Waals surface area contributed by atoms with Crippen LogP contribution >= 0.6 is 0 Å². The van der Waals surface area contributed by atoms with Crippen LogP contribution in [0.1, 0.15) is 31.7 Å². The molecule has 0 radical (unpaired) electrons. The summed E-state index contributed by atoms with van der Waals surface area (Å²) in [4.78, 5) is 11.0. The number of carboxylic acid groups (broad SMARTS) is 1. The van der Waals surface area contributed by atoms with Crippen molar-refractivity contribution in [2.24, 2.45) is 5.92 Å². The highest BCUT2D eigenvalue weighted by Crippen LogP contribution is 2.19. The standard InChI is InChI=1S/C11H18N2O5S/c1-6(2)5-9(11(14)15)13-19(16,17)10-7(3)12-18-8(10)4/h6,9,13H,5H2,1-4H3,(H,14,15). The van der Waals surface area contributed by atoms with Crippen molar-refractivity contribution in [3.05, 3.63) is 11.5 Å². The number of carbonyl (C=O) groups is 1. The zero-order valence-electron chi connectivity index (χ0n) is 11.3. The summed E-state index contributed by atoms with van der Waals surface area (Å²) < 4.78 is 31.3. The lowest BCUT2D eigenvalue weighted by molar-refractivity contribution is -0.139. The van der Waals surface area contributed by atoms with Crippen LogP contribution < -0.4 is 4.72 Å². The van der Waals surface area contributed by atoms with Crippen LogP contribution in [0.4, 0.5) is 0 Å². The van der Waals surface area contributed by atoms with Gasteiger partial charge in [0, 0.05) is 0 Å². The largest absolute Gasteiger partial charge is 0.480 e. The summed E-state index contributed by atoms with van der Waals surface area (Å²) in [5.74, 6) is -1.02. The summed E-state index contributed by atoms with van der Waals surface area (Å²) >= 11 is 0. The van der Waals surface area contributed by atoms with Gasteiger partial charge in [-0.15, -0.1) is 0 Å². The Kier molecular flexibility index (Phi) is 4.70. The second-order valence-corrected chi connectivity index (χ2v) is 6.45. The second-order valence-electron chi connectivity index (χ2n) is 4.79. The van der Waals surface area contributed by atoms with Crippen LogP contribution in [0.15, 0.2) is 9.42 Å². The van der Waals surface area contributed by atoms with Gasteiger partial charge >= 0.3 is 5.97 Å². The van der Waals surface area contributed by atoms with Gasteiger partial charge in [-0.1, -0.05) is 19.0 Å². The lowest BCUT2D eigenvalue weighted by Crippen LogP contribution is -2.41. The third kappa shape index (κ3) is 3.77. The van der Waals surface area contributed by atoms with Gasteiger partial charge in [0.2, 0.25) is 10.0 Å². The van der Waals surface area contributed by atoms with E-state index >= 15 is 0 Å². The van der Waals surface area contributed by atoms with E-state index in [1.807, 2.05) is 13.8 Å². The van der Waals surface area contributed by atoms with Crippen LogP contribution in [0, 0.1) is 19.8 Å². The van der Waals surface area contributed by atoms with Crippen molar-refractivity contribution in [1.82, 2.24) is 9.88 Å². The molecule has 7 nitrogen and oxygen atoms in total. The summed E-state index contributed by atoms with van der Waals surface area (Å²) in [6, 6.07) is -1.17. The molecule has 0 amide bonds. The topological polar surface area (TPSA) is 110 Å². The zero-order valence-corrected chi connectivity index (χ0v) is 12.1. The predicted octanol–water partition coefficient (Wildman–Crippen LogP) is 1.07. The predicted molar refractivity (Wildman–Crippen MR) is 67.2 cm³/mol. The number of aryl methyl sites for hydroxylation is 2. The van der Waals surface area contributed by atoms with E-state index in [1.165, 1.54) is 13.8 Å². The number of nitrogens with one attached hydrogen (secondary N) is 1. The SMILES string of the molecule is Cc1noc(C)c1S(=O)(=O)NC(CC(C)C)C(=O)O. The molecule has 19 heavy (non-hydrogen) atoms. The molecule has 2 N–H and O–H groups in total. The van der Waals surface area contributed by atoms with E-state index in [1.54, 1.807) is 0 Å². The third-order valence-corrected chi connectivity index (χ3v) is 4.25. The van der Waals surface area contributed by atoms with Crippen LogP contribution in [0.25, 0.3) is 0 Å². The van der Waals surface area contributed by atoms with E-state index in [0.29, 0.717) is 0 Å². The molecule has 0 fully saturated rings. The minimum Gasteiger partial charge on any atom is -0.480 e. The van der Waals surface area contributed by atoms with Crippen molar-refractivity contribution in [3.63, 3.8) is 0 Å². The van der Waals surface area contributed by atoms with Gasteiger partial charge in [-0.25, -0.2) is 8.42 Å². The lowest BCUT2D eigenvalue weighted by Gasteiger charge is -2.16. The minimum absolute atomic E-state index is 0.0495. The number of hydrogen-bond donors (Lipinski definition) is 2. The van der Waals surface area contributed by atoms with Crippen LogP contribution in [-0.4, -0.2) is 30.7 Å². The van der Waals surface area contributed by atoms with E-state index in [-0.39, 0.29) is 28.7 Å². The lowest BCUT2D eigenvalue weighted by atomic mass is 10.1. The first-order valence-corrected chi connectivity index (χ1v) is 7.31. The number of hydrogen-bond acceptors (Lipinski definition) is 5. The van der Waals surface area contributed by atoms with Crippen LogP contribution in [0.2, 0.25) is 0 Å². The number of nitrogens with zero attached hydrogens (tertiary/aromatic N) is 1. The van der Waals surface area contributed by atoms with Gasteiger partial charge in [0.25, 0.3) is 0 Å². The maximum atomic E-state index is 12.2. The molecule has 1 atom stereocenters. The Morgan fingerprint density at radius 2 is 2.00 bits per heavy atom. The van der Waals surface area contributed by atoms with Crippen molar-refractivity contribution in [1.29, 1.82) is 0 Å². The number of carboxylic acids is 1. The molecule has 1 aromatic rings. The molecule has 0 saturated heterocycles. The van der Waals surface area contributed by atoms with E-state index in [0.717, 1.165) is 0 Å². The van der Waals surface area contributed by atoms with Crippen LogP contribution in [0.5, 0.6) is 0 Å². The average Bonchev–Trinajstić information content (AvgIpc) is 2.56. The first-order chi connectivity index (χ1) is 8.65. The fourth-order valence-corrected chi connectivity index (χ4v) is 3.31. The molecule has 1 rings (SSSR count). The highest BCUT2D eigenvalue weighted by atomic mass is 32.2. The molecule has 0 spiro atoms. The van der Waals surface area contributed by atoms with Gasteiger partial charge in [0.15, 0.2) is 5.76 Å². The quantitative estimate of drug-likeness (QED) is 0.811. The fourth-order valence-electron chi connectivity index (χ4n) is 1.78. The van der Waals surface area contributed by atoms with E-state index < -0.39 is 22.0 Å². The van der Waals surface area contributed by atoms with Crippen molar-refractivity contribution >= 4 is 16.0 Å². The van der Waals surface area contributed by atoms with Gasteiger partial charge in [0.05, 0.1) is 0 Å². The summed E-state index contributed by atoms with van der Waals surface area (Å²) in [5, 5.41) is 12.6. The Morgan fingerprint density at radius 1 is 1.42 bits per heavy atom. The van der Waals surface area contributed by atoms with Crippen molar-refractivity contribution < 1.29 is 22.8 Å². The molecule has 0 saturated carbocycles. The Balaban J connectivity index is 3.05. The molecule has 1 heterocycles. The van der Waals surface area contributed by atoms with E-state index in [4.69, 9.17) is 9.63 Å². The van der Waals surface area contributed by atoms with E-state index in [2.05, 4.69) is 9.88 Å². The molecular formula is C11H18N2O5S. The zero-order chi connectivity index (χ0) is 14.8. The molecule has 1 aromatic heterocycles. The molecule has 1 unspecified atom stereocenters. The average molecular weight is 290 g/mol. The third-order valence-electron chi connectivity index (χ3n) is 2.54. The van der Waals surface area contributed by atoms with E-state index in [9.17, 15) is 13.2 Å².